The van der Waals surface area contributed by atoms with Crippen molar-refractivity contribution in [3.63, 3.8) is 0 Å². The summed E-state index contributed by atoms with van der Waals surface area (Å²) in [7, 11) is 0. The predicted molar refractivity (Wildman–Crippen MR) is 82.5 cm³/mol. The Kier molecular flexibility index (Phi) is 6.26. The van der Waals surface area contributed by atoms with E-state index >= 15 is 0 Å². The van der Waals surface area contributed by atoms with Gasteiger partial charge in [0.1, 0.15) is 0 Å². The summed E-state index contributed by atoms with van der Waals surface area (Å²) < 4.78 is 0. The number of carbonyl (C=O) groups is 1. The molecule has 0 radical (unpaired) electrons. The van der Waals surface area contributed by atoms with Crippen LogP contribution in [0.5, 0.6) is 0 Å². The molecule has 4 nitrogen and oxygen atoms in total. The average molecular weight is 323 g/mol. The van der Waals surface area contributed by atoms with E-state index in [1.54, 1.807) is 25.1 Å². The molecule has 0 saturated heterocycles. The lowest BCUT2D eigenvalue weighted by molar-refractivity contribution is 0.0876. The van der Waals surface area contributed by atoms with E-state index in [9.17, 15) is 9.90 Å². The Morgan fingerprint density at radius 2 is 2.16 bits per heavy atom. The van der Waals surface area contributed by atoms with E-state index in [1.807, 2.05) is 6.26 Å². The van der Waals surface area contributed by atoms with E-state index < -0.39 is 11.6 Å². The van der Waals surface area contributed by atoms with Gasteiger partial charge < -0.3 is 15.7 Å². The molecule has 0 bridgehead atoms. The first-order valence-electron chi connectivity index (χ1n) is 5.56. The van der Waals surface area contributed by atoms with Gasteiger partial charge in [0.2, 0.25) is 0 Å². The van der Waals surface area contributed by atoms with Gasteiger partial charge in [0, 0.05) is 12.3 Å². The van der Waals surface area contributed by atoms with Crippen molar-refractivity contribution in [3.8, 4) is 0 Å². The fraction of sp³-hybridized carbons (Fsp3) is 0.417. The van der Waals surface area contributed by atoms with Crippen LogP contribution >= 0.6 is 35.0 Å². The van der Waals surface area contributed by atoms with Gasteiger partial charge in [-0.3, -0.25) is 0 Å². The number of thioether (sulfide) groups is 1. The molecule has 0 fully saturated rings. The molecule has 0 aromatic heterocycles. The van der Waals surface area contributed by atoms with Gasteiger partial charge in [0.25, 0.3) is 0 Å². The first kappa shape index (κ1) is 16.4. The summed E-state index contributed by atoms with van der Waals surface area (Å²) in [6.45, 7) is 1.81. The van der Waals surface area contributed by atoms with Crippen LogP contribution in [0, 0.1) is 0 Å². The van der Waals surface area contributed by atoms with Gasteiger partial charge in [-0.2, -0.15) is 11.8 Å². The van der Waals surface area contributed by atoms with Crippen molar-refractivity contribution in [3.05, 3.63) is 28.2 Å². The molecule has 0 aliphatic rings. The van der Waals surface area contributed by atoms with Crippen LogP contribution < -0.4 is 10.6 Å². The normalized spacial score (nSPS) is 13.7. The first-order chi connectivity index (χ1) is 8.85. The highest BCUT2D eigenvalue weighted by molar-refractivity contribution is 7.98. The van der Waals surface area contributed by atoms with Crippen LogP contribution in [-0.2, 0) is 0 Å². The number of hydrogen-bond donors (Lipinski definition) is 3. The minimum absolute atomic E-state index is 0.151. The number of benzene rings is 1. The molecule has 0 saturated carbocycles. The number of hydrogen-bond acceptors (Lipinski definition) is 3. The molecule has 1 rings (SSSR count). The predicted octanol–water partition coefficient (Wildman–Crippen LogP) is 3.23. The van der Waals surface area contributed by atoms with Gasteiger partial charge in [0.05, 0.1) is 21.3 Å². The van der Waals surface area contributed by atoms with Crippen molar-refractivity contribution in [2.75, 3.05) is 23.9 Å². The number of rotatable bonds is 5. The number of urea groups is 1. The summed E-state index contributed by atoms with van der Waals surface area (Å²) in [6, 6.07) is 4.53. The third kappa shape index (κ3) is 5.48. The number of halogens is 2. The summed E-state index contributed by atoms with van der Waals surface area (Å²) in [5.41, 5.74) is -0.523. The molecule has 19 heavy (non-hydrogen) atoms. The first-order valence-corrected chi connectivity index (χ1v) is 7.71. The lowest BCUT2D eigenvalue weighted by atomic mass is 10.1. The molecule has 2 amide bonds. The summed E-state index contributed by atoms with van der Waals surface area (Å²) in [5, 5.41) is 15.7. The molecule has 0 heterocycles. The Labute approximate surface area is 126 Å². The highest BCUT2D eigenvalue weighted by Crippen LogP contribution is 2.29. The van der Waals surface area contributed by atoms with Crippen LogP contribution in [0.15, 0.2) is 18.2 Å². The zero-order valence-corrected chi connectivity index (χ0v) is 13.0. The van der Waals surface area contributed by atoms with Crippen LogP contribution in [0.1, 0.15) is 6.92 Å². The molecular formula is C12H16Cl2N2O2S. The summed E-state index contributed by atoms with van der Waals surface area (Å²) in [6.07, 6.45) is 1.89. The Hall–Kier alpha value is -0.620. The van der Waals surface area contributed by atoms with Crippen LogP contribution in [0.3, 0.4) is 0 Å². The highest BCUT2D eigenvalue weighted by Gasteiger charge is 2.20. The quantitative estimate of drug-likeness (QED) is 0.780. The minimum Gasteiger partial charge on any atom is -0.387 e. The third-order valence-electron chi connectivity index (χ3n) is 2.28. The third-order valence-corrected chi connectivity index (χ3v) is 4.01. The average Bonchev–Trinajstić information content (AvgIpc) is 2.33. The van der Waals surface area contributed by atoms with E-state index in [1.165, 1.54) is 11.8 Å². The number of amides is 2. The molecule has 0 spiro atoms. The van der Waals surface area contributed by atoms with E-state index in [0.717, 1.165) is 0 Å². The van der Waals surface area contributed by atoms with Gasteiger partial charge in [-0.05, 0) is 25.3 Å². The van der Waals surface area contributed by atoms with Crippen molar-refractivity contribution >= 4 is 46.7 Å². The summed E-state index contributed by atoms with van der Waals surface area (Å²) in [4.78, 5) is 11.7. The van der Waals surface area contributed by atoms with E-state index in [2.05, 4.69) is 10.6 Å². The highest BCUT2D eigenvalue weighted by atomic mass is 35.5. The number of aliphatic hydroxyl groups is 1. The fourth-order valence-corrected chi connectivity index (χ4v) is 2.47. The van der Waals surface area contributed by atoms with Crippen LogP contribution in [0.4, 0.5) is 10.5 Å². The Balaban J connectivity index is 2.54. The van der Waals surface area contributed by atoms with E-state index in [4.69, 9.17) is 23.2 Å². The molecule has 106 valence electrons. The zero-order valence-electron chi connectivity index (χ0n) is 10.7. The molecule has 1 unspecified atom stereocenters. The second-order valence-electron chi connectivity index (χ2n) is 4.34. The standard InChI is InChI=1S/C12H16Cl2N2O2S/c1-12(18,7-19-2)6-15-11(17)16-9-5-3-4-8(13)10(9)14/h3-5,18H,6-7H2,1-2H3,(H2,15,16,17). The van der Waals surface area contributed by atoms with E-state index in [0.29, 0.717) is 16.5 Å². The van der Waals surface area contributed by atoms with Crippen molar-refractivity contribution in [1.29, 1.82) is 0 Å². The van der Waals surface area contributed by atoms with Gasteiger partial charge >= 0.3 is 6.03 Å². The smallest absolute Gasteiger partial charge is 0.319 e. The molecule has 0 aliphatic heterocycles. The molecule has 0 aliphatic carbocycles. The SMILES string of the molecule is CSCC(C)(O)CNC(=O)Nc1cccc(Cl)c1Cl. The minimum atomic E-state index is -0.950. The van der Waals surface area contributed by atoms with Crippen molar-refractivity contribution < 1.29 is 9.90 Å². The second-order valence-corrected chi connectivity index (χ2v) is 5.99. The lowest BCUT2D eigenvalue weighted by Crippen LogP contribution is -2.43. The second kappa shape index (κ2) is 7.24. The van der Waals surface area contributed by atoms with Crippen molar-refractivity contribution in [1.82, 2.24) is 5.32 Å². The zero-order chi connectivity index (χ0) is 14.5. The topological polar surface area (TPSA) is 61.4 Å². The number of carbonyl (C=O) groups excluding carboxylic acids is 1. The van der Waals surface area contributed by atoms with Gasteiger partial charge in [-0.25, -0.2) is 4.79 Å². The maximum absolute atomic E-state index is 11.7. The monoisotopic (exact) mass is 322 g/mol. The fourth-order valence-electron chi connectivity index (χ4n) is 1.40. The molecule has 1 aromatic carbocycles. The van der Waals surface area contributed by atoms with Gasteiger partial charge in [0.15, 0.2) is 0 Å². The summed E-state index contributed by atoms with van der Waals surface area (Å²) in [5.74, 6) is 0.533. The Bertz CT molecular complexity index is 455. The molecule has 3 N–H and O–H groups in total. The lowest BCUT2D eigenvalue weighted by Gasteiger charge is -2.22. The number of nitrogens with one attached hydrogen (secondary N) is 2. The van der Waals surface area contributed by atoms with Gasteiger partial charge in [-0.15, -0.1) is 0 Å². The van der Waals surface area contributed by atoms with E-state index in [-0.39, 0.29) is 11.6 Å². The summed E-state index contributed by atoms with van der Waals surface area (Å²) >= 11 is 13.3. The maximum Gasteiger partial charge on any atom is 0.319 e. The Morgan fingerprint density at radius 3 is 2.79 bits per heavy atom. The largest absolute Gasteiger partial charge is 0.387 e. The van der Waals surface area contributed by atoms with Crippen molar-refractivity contribution in [2.24, 2.45) is 0 Å². The number of anilines is 1. The molecule has 1 aromatic rings. The van der Waals surface area contributed by atoms with Crippen LogP contribution in [0.25, 0.3) is 0 Å². The van der Waals surface area contributed by atoms with Crippen molar-refractivity contribution in [2.45, 2.75) is 12.5 Å². The molecular weight excluding hydrogens is 307 g/mol. The van der Waals surface area contributed by atoms with Gasteiger partial charge in [-0.1, -0.05) is 29.3 Å². The molecule has 1 atom stereocenters. The Morgan fingerprint density at radius 1 is 1.47 bits per heavy atom. The maximum atomic E-state index is 11.7. The molecule has 7 heteroatoms. The van der Waals surface area contributed by atoms with Crippen LogP contribution in [0.2, 0.25) is 10.0 Å². The van der Waals surface area contributed by atoms with Crippen LogP contribution in [-0.4, -0.2) is 35.3 Å².